The first kappa shape index (κ1) is 22.5. The molecule has 1 fully saturated rings. The molecule has 0 aromatic heterocycles. The monoisotopic (exact) mass is 471 g/mol. The molecular weight excluding hydrogens is 453 g/mol. The van der Waals surface area contributed by atoms with Gasteiger partial charge in [-0.2, -0.15) is 4.31 Å². The molecule has 8 nitrogen and oxygen atoms in total. The highest BCUT2D eigenvalue weighted by molar-refractivity contribution is 7.89. The van der Waals surface area contributed by atoms with Crippen molar-refractivity contribution in [3.05, 3.63) is 58.1 Å². The minimum atomic E-state index is -3.58. The minimum Gasteiger partial charge on any atom is -0.379 e. The third-order valence-electron chi connectivity index (χ3n) is 4.31. The van der Waals surface area contributed by atoms with Crippen molar-refractivity contribution in [1.82, 2.24) is 9.62 Å². The first-order chi connectivity index (χ1) is 14.3. The van der Waals surface area contributed by atoms with Gasteiger partial charge in [0.05, 0.1) is 18.1 Å². The topological polar surface area (TPSA) is 105 Å². The highest BCUT2D eigenvalue weighted by atomic mass is 35.5. The molecule has 2 aromatic carbocycles. The molecule has 2 amide bonds. The number of amides is 2. The van der Waals surface area contributed by atoms with E-state index in [1.165, 1.54) is 34.6 Å². The predicted molar refractivity (Wildman–Crippen MR) is 113 cm³/mol. The van der Waals surface area contributed by atoms with Crippen LogP contribution in [0.15, 0.2) is 47.4 Å². The van der Waals surface area contributed by atoms with Gasteiger partial charge in [-0.25, -0.2) is 8.42 Å². The van der Waals surface area contributed by atoms with Crippen LogP contribution in [0, 0.1) is 0 Å². The van der Waals surface area contributed by atoms with E-state index in [1.807, 2.05) is 0 Å². The Bertz CT molecular complexity index is 1020. The van der Waals surface area contributed by atoms with Crippen molar-refractivity contribution in [2.75, 3.05) is 31.6 Å². The largest absolute Gasteiger partial charge is 0.379 e. The molecule has 0 aliphatic carbocycles. The lowest BCUT2D eigenvalue weighted by molar-refractivity contribution is -0.136. The molecule has 2 N–H and O–H groups in total. The van der Waals surface area contributed by atoms with Gasteiger partial charge >= 0.3 is 11.8 Å². The fraction of sp³-hybridized carbons (Fsp3) is 0.263. The molecule has 11 heteroatoms. The SMILES string of the molecule is O=C(NCc1ccc(S(=O)(=O)N2CCOCC2)cc1)C(=O)Nc1cc(Cl)cc(Cl)c1. The third-order valence-corrected chi connectivity index (χ3v) is 6.66. The molecule has 0 unspecified atom stereocenters. The van der Waals surface area contributed by atoms with Crippen LogP contribution in [0.1, 0.15) is 5.56 Å². The molecule has 1 aliphatic heterocycles. The molecule has 160 valence electrons. The van der Waals surface area contributed by atoms with Crippen LogP contribution in [0.25, 0.3) is 0 Å². The molecule has 0 bridgehead atoms. The van der Waals surface area contributed by atoms with Gasteiger partial charge < -0.3 is 15.4 Å². The van der Waals surface area contributed by atoms with Gasteiger partial charge in [0.2, 0.25) is 10.0 Å². The van der Waals surface area contributed by atoms with Crippen molar-refractivity contribution < 1.29 is 22.7 Å². The van der Waals surface area contributed by atoms with Crippen LogP contribution in [0.4, 0.5) is 5.69 Å². The van der Waals surface area contributed by atoms with Gasteiger partial charge in [0.1, 0.15) is 0 Å². The number of halogens is 2. The first-order valence-corrected chi connectivity index (χ1v) is 11.2. The number of rotatable bonds is 5. The van der Waals surface area contributed by atoms with Crippen LogP contribution in [0.3, 0.4) is 0 Å². The van der Waals surface area contributed by atoms with Gasteiger partial charge in [-0.1, -0.05) is 35.3 Å². The first-order valence-electron chi connectivity index (χ1n) is 8.98. The van der Waals surface area contributed by atoms with Crippen LogP contribution in [0.2, 0.25) is 10.0 Å². The summed E-state index contributed by atoms with van der Waals surface area (Å²) >= 11 is 11.7. The molecular formula is C19H19Cl2N3O5S. The van der Waals surface area contributed by atoms with Crippen molar-refractivity contribution in [3.63, 3.8) is 0 Å². The Kier molecular flexibility index (Phi) is 7.32. The Morgan fingerprint density at radius 3 is 2.17 bits per heavy atom. The van der Waals surface area contributed by atoms with Crippen LogP contribution >= 0.6 is 23.2 Å². The van der Waals surface area contributed by atoms with E-state index in [2.05, 4.69) is 10.6 Å². The van der Waals surface area contributed by atoms with Gasteiger partial charge in [0.15, 0.2) is 0 Å². The summed E-state index contributed by atoms with van der Waals surface area (Å²) in [5, 5.41) is 5.54. The number of hydrogen-bond donors (Lipinski definition) is 2. The molecule has 0 saturated carbocycles. The Hall–Kier alpha value is -2.17. The van der Waals surface area contributed by atoms with E-state index in [0.717, 1.165) is 0 Å². The van der Waals surface area contributed by atoms with Gasteiger partial charge in [0, 0.05) is 35.4 Å². The maximum absolute atomic E-state index is 12.6. The Labute approximate surface area is 184 Å². The normalized spacial score (nSPS) is 14.9. The summed E-state index contributed by atoms with van der Waals surface area (Å²) in [6, 6.07) is 10.5. The summed E-state index contributed by atoms with van der Waals surface area (Å²) < 4.78 is 31.8. The Morgan fingerprint density at radius 1 is 0.967 bits per heavy atom. The molecule has 0 radical (unpaired) electrons. The standard InChI is InChI=1S/C19H19Cl2N3O5S/c20-14-9-15(21)11-16(10-14)23-19(26)18(25)22-12-13-1-3-17(4-2-13)30(27,28)24-5-7-29-8-6-24/h1-4,9-11H,5-8,12H2,(H,22,25)(H,23,26). The van der Waals surface area contributed by atoms with Crippen LogP contribution in [0.5, 0.6) is 0 Å². The van der Waals surface area contributed by atoms with Crippen molar-refractivity contribution in [2.45, 2.75) is 11.4 Å². The van der Waals surface area contributed by atoms with Crippen molar-refractivity contribution >= 4 is 50.7 Å². The van der Waals surface area contributed by atoms with Crippen molar-refractivity contribution in [1.29, 1.82) is 0 Å². The Morgan fingerprint density at radius 2 is 1.57 bits per heavy atom. The number of anilines is 1. The summed E-state index contributed by atoms with van der Waals surface area (Å²) in [7, 11) is -3.58. The van der Waals surface area contributed by atoms with E-state index in [0.29, 0.717) is 47.6 Å². The molecule has 0 spiro atoms. The maximum Gasteiger partial charge on any atom is 0.313 e. The van der Waals surface area contributed by atoms with Gasteiger partial charge in [0.25, 0.3) is 0 Å². The molecule has 30 heavy (non-hydrogen) atoms. The van der Waals surface area contributed by atoms with Crippen LogP contribution in [-0.2, 0) is 30.9 Å². The fourth-order valence-corrected chi connectivity index (χ4v) is 4.73. The predicted octanol–water partition coefficient (Wildman–Crippen LogP) is 2.27. The molecule has 1 aliphatic rings. The van der Waals surface area contributed by atoms with Gasteiger partial charge in [-0.15, -0.1) is 0 Å². The smallest absolute Gasteiger partial charge is 0.313 e. The summed E-state index contributed by atoms with van der Waals surface area (Å²) in [6.07, 6.45) is 0. The zero-order valence-corrected chi connectivity index (χ0v) is 18.1. The number of ether oxygens (including phenoxy) is 1. The molecule has 1 saturated heterocycles. The zero-order chi connectivity index (χ0) is 21.7. The highest BCUT2D eigenvalue weighted by Gasteiger charge is 2.26. The average Bonchev–Trinajstić information content (AvgIpc) is 2.72. The maximum atomic E-state index is 12.6. The lowest BCUT2D eigenvalue weighted by atomic mass is 10.2. The van der Waals surface area contributed by atoms with E-state index in [-0.39, 0.29) is 11.4 Å². The van der Waals surface area contributed by atoms with E-state index in [4.69, 9.17) is 27.9 Å². The van der Waals surface area contributed by atoms with Crippen molar-refractivity contribution in [3.8, 4) is 0 Å². The van der Waals surface area contributed by atoms with Crippen LogP contribution in [-0.4, -0.2) is 50.8 Å². The van der Waals surface area contributed by atoms with E-state index >= 15 is 0 Å². The van der Waals surface area contributed by atoms with E-state index in [9.17, 15) is 18.0 Å². The number of benzene rings is 2. The van der Waals surface area contributed by atoms with Crippen LogP contribution < -0.4 is 10.6 Å². The fourth-order valence-electron chi connectivity index (χ4n) is 2.79. The lowest BCUT2D eigenvalue weighted by Crippen LogP contribution is -2.40. The number of sulfonamides is 1. The number of morpholine rings is 1. The summed E-state index contributed by atoms with van der Waals surface area (Å²) in [4.78, 5) is 24.2. The minimum absolute atomic E-state index is 0.0560. The second-order valence-corrected chi connectivity index (χ2v) is 9.27. The number of nitrogens with one attached hydrogen (secondary N) is 2. The quantitative estimate of drug-likeness (QED) is 0.650. The molecule has 3 rings (SSSR count). The van der Waals surface area contributed by atoms with Crippen molar-refractivity contribution in [2.24, 2.45) is 0 Å². The third kappa shape index (κ3) is 5.71. The number of carbonyl (C=O) groups is 2. The summed E-state index contributed by atoms with van der Waals surface area (Å²) in [5.74, 6) is -1.73. The molecule has 0 atom stereocenters. The summed E-state index contributed by atoms with van der Waals surface area (Å²) in [5.41, 5.74) is 0.938. The number of carbonyl (C=O) groups excluding carboxylic acids is 2. The highest BCUT2D eigenvalue weighted by Crippen LogP contribution is 2.22. The number of hydrogen-bond acceptors (Lipinski definition) is 5. The lowest BCUT2D eigenvalue weighted by Gasteiger charge is -2.26. The molecule has 1 heterocycles. The summed E-state index contributed by atoms with van der Waals surface area (Å²) in [6.45, 7) is 1.42. The van der Waals surface area contributed by atoms with E-state index in [1.54, 1.807) is 12.1 Å². The Balaban J connectivity index is 1.56. The van der Waals surface area contributed by atoms with E-state index < -0.39 is 21.8 Å². The zero-order valence-electron chi connectivity index (χ0n) is 15.7. The second-order valence-electron chi connectivity index (χ2n) is 6.46. The molecule has 2 aromatic rings. The average molecular weight is 472 g/mol. The second kappa shape index (κ2) is 9.76. The van der Waals surface area contributed by atoms with Gasteiger partial charge in [-0.05, 0) is 35.9 Å². The number of nitrogens with zero attached hydrogens (tertiary/aromatic N) is 1. The van der Waals surface area contributed by atoms with Gasteiger partial charge in [-0.3, -0.25) is 9.59 Å².